The zero-order chi connectivity index (χ0) is 15.6. The van der Waals surface area contributed by atoms with Crippen molar-refractivity contribution in [1.29, 1.82) is 0 Å². The largest absolute Gasteiger partial charge is 0.493 e. The van der Waals surface area contributed by atoms with E-state index in [1.54, 1.807) is 32.7 Å². The monoisotopic (exact) mass is 435 g/mol. The van der Waals surface area contributed by atoms with Crippen LogP contribution in [0.1, 0.15) is 16.5 Å². The van der Waals surface area contributed by atoms with E-state index in [2.05, 4.69) is 31.9 Å². The SMILES string of the molecule is COc1ccc(C(N)c2cc(Br)c(Br)s2)c(OC)c1OC. The Balaban J connectivity index is 2.52. The predicted molar refractivity (Wildman–Crippen MR) is 91.8 cm³/mol. The van der Waals surface area contributed by atoms with Gasteiger partial charge in [-0.25, -0.2) is 0 Å². The highest BCUT2D eigenvalue weighted by Gasteiger charge is 2.22. The number of benzene rings is 1. The fraction of sp³-hybridized carbons (Fsp3) is 0.286. The summed E-state index contributed by atoms with van der Waals surface area (Å²) in [4.78, 5) is 1.01. The van der Waals surface area contributed by atoms with E-state index in [0.29, 0.717) is 17.2 Å². The summed E-state index contributed by atoms with van der Waals surface area (Å²) in [6, 6.07) is 5.41. The van der Waals surface area contributed by atoms with E-state index in [0.717, 1.165) is 18.7 Å². The standard InChI is InChI=1S/C14H15Br2NO3S/c1-18-9-5-4-7(12(19-2)13(9)20-3)11(17)10-6-8(15)14(16)21-10/h4-6,11H,17H2,1-3H3. The summed E-state index contributed by atoms with van der Waals surface area (Å²) in [6.07, 6.45) is 0. The second-order valence-corrected chi connectivity index (χ2v) is 7.43. The van der Waals surface area contributed by atoms with Gasteiger partial charge in [-0.15, -0.1) is 11.3 Å². The molecule has 0 aliphatic rings. The molecule has 4 nitrogen and oxygen atoms in total. The minimum atomic E-state index is -0.313. The number of hydrogen-bond acceptors (Lipinski definition) is 5. The van der Waals surface area contributed by atoms with Crippen molar-refractivity contribution in [2.75, 3.05) is 21.3 Å². The lowest BCUT2D eigenvalue weighted by atomic mass is 10.0. The summed E-state index contributed by atoms with van der Waals surface area (Å²) in [5, 5.41) is 0. The quantitative estimate of drug-likeness (QED) is 0.756. The Labute approximate surface area is 144 Å². The maximum absolute atomic E-state index is 6.38. The Morgan fingerprint density at radius 3 is 2.19 bits per heavy atom. The fourth-order valence-corrected chi connectivity index (χ4v) is 4.15. The Bertz CT molecular complexity index is 626. The van der Waals surface area contributed by atoms with Gasteiger partial charge in [0.1, 0.15) is 0 Å². The summed E-state index contributed by atoms with van der Waals surface area (Å²) < 4.78 is 18.2. The van der Waals surface area contributed by atoms with Crippen LogP contribution in [-0.2, 0) is 0 Å². The fourth-order valence-electron chi connectivity index (χ4n) is 2.04. The third-order valence-corrected chi connectivity index (χ3v) is 6.38. The van der Waals surface area contributed by atoms with Gasteiger partial charge in [-0.2, -0.15) is 0 Å². The first-order valence-electron chi connectivity index (χ1n) is 6.02. The normalized spacial score (nSPS) is 12.1. The molecule has 0 radical (unpaired) electrons. The van der Waals surface area contributed by atoms with Crippen LogP contribution in [0.15, 0.2) is 26.5 Å². The van der Waals surface area contributed by atoms with E-state index >= 15 is 0 Å². The molecule has 1 atom stereocenters. The minimum absolute atomic E-state index is 0.313. The molecule has 2 rings (SSSR count). The molecule has 0 saturated carbocycles. The van der Waals surface area contributed by atoms with E-state index in [1.165, 1.54) is 0 Å². The number of rotatable bonds is 5. The van der Waals surface area contributed by atoms with Gasteiger partial charge in [0.2, 0.25) is 5.75 Å². The molecule has 1 heterocycles. The second kappa shape index (κ2) is 7.00. The number of hydrogen-bond donors (Lipinski definition) is 1. The van der Waals surface area contributed by atoms with Crippen molar-refractivity contribution in [3.63, 3.8) is 0 Å². The van der Waals surface area contributed by atoms with Gasteiger partial charge in [-0.3, -0.25) is 0 Å². The molecule has 0 saturated heterocycles. The number of ether oxygens (including phenoxy) is 3. The maximum Gasteiger partial charge on any atom is 0.203 e. The molecule has 0 amide bonds. The summed E-state index contributed by atoms with van der Waals surface area (Å²) >= 11 is 8.54. The Morgan fingerprint density at radius 1 is 1.05 bits per heavy atom. The zero-order valence-corrected chi connectivity index (χ0v) is 15.8. The van der Waals surface area contributed by atoms with Gasteiger partial charge >= 0.3 is 0 Å². The number of methoxy groups -OCH3 is 3. The van der Waals surface area contributed by atoms with Crippen LogP contribution in [0.3, 0.4) is 0 Å². The van der Waals surface area contributed by atoms with Crippen molar-refractivity contribution < 1.29 is 14.2 Å². The Hall–Kier alpha value is -0.760. The molecule has 0 spiro atoms. The Morgan fingerprint density at radius 2 is 1.71 bits per heavy atom. The molecular weight excluding hydrogens is 422 g/mol. The minimum Gasteiger partial charge on any atom is -0.493 e. The molecular formula is C14H15Br2NO3S. The van der Waals surface area contributed by atoms with Crippen LogP contribution in [0, 0.1) is 0 Å². The first-order valence-corrected chi connectivity index (χ1v) is 8.42. The highest BCUT2D eigenvalue weighted by molar-refractivity contribution is 9.13. The average Bonchev–Trinajstić information content (AvgIpc) is 2.84. The van der Waals surface area contributed by atoms with Crippen LogP contribution in [-0.4, -0.2) is 21.3 Å². The average molecular weight is 437 g/mol. The van der Waals surface area contributed by atoms with Crippen LogP contribution < -0.4 is 19.9 Å². The molecule has 21 heavy (non-hydrogen) atoms. The molecule has 0 fully saturated rings. The molecule has 1 aromatic heterocycles. The zero-order valence-electron chi connectivity index (χ0n) is 11.8. The molecule has 2 aromatic rings. The molecule has 0 aliphatic heterocycles. The van der Waals surface area contributed by atoms with Crippen molar-refractivity contribution in [1.82, 2.24) is 0 Å². The molecule has 2 N–H and O–H groups in total. The van der Waals surface area contributed by atoms with Crippen molar-refractivity contribution >= 4 is 43.2 Å². The van der Waals surface area contributed by atoms with Gasteiger partial charge in [0.15, 0.2) is 11.5 Å². The van der Waals surface area contributed by atoms with E-state index in [-0.39, 0.29) is 6.04 Å². The van der Waals surface area contributed by atoms with Gasteiger partial charge in [0, 0.05) is 14.9 Å². The predicted octanol–water partition coefficient (Wildman–Crippen LogP) is 4.35. The van der Waals surface area contributed by atoms with Crippen LogP contribution in [0.2, 0.25) is 0 Å². The Kier molecular flexibility index (Phi) is 5.54. The molecule has 1 unspecified atom stereocenters. The summed E-state index contributed by atoms with van der Waals surface area (Å²) in [5.41, 5.74) is 7.23. The highest BCUT2D eigenvalue weighted by atomic mass is 79.9. The smallest absolute Gasteiger partial charge is 0.203 e. The number of halogens is 2. The summed E-state index contributed by atoms with van der Waals surface area (Å²) in [7, 11) is 4.76. The number of thiophene rings is 1. The first kappa shape index (κ1) is 16.6. The lowest BCUT2D eigenvalue weighted by Crippen LogP contribution is -2.12. The third-order valence-electron chi connectivity index (χ3n) is 3.04. The molecule has 1 aromatic carbocycles. The molecule has 7 heteroatoms. The van der Waals surface area contributed by atoms with Gasteiger partial charge in [0.25, 0.3) is 0 Å². The second-order valence-electron chi connectivity index (χ2n) is 4.17. The van der Waals surface area contributed by atoms with E-state index in [1.807, 2.05) is 18.2 Å². The van der Waals surface area contributed by atoms with Gasteiger partial charge in [0.05, 0.1) is 31.2 Å². The summed E-state index contributed by atoms with van der Waals surface area (Å²) in [6.45, 7) is 0. The number of nitrogens with two attached hydrogens (primary N) is 1. The van der Waals surface area contributed by atoms with E-state index in [9.17, 15) is 0 Å². The molecule has 114 valence electrons. The van der Waals surface area contributed by atoms with Crippen molar-refractivity contribution in [3.8, 4) is 17.2 Å². The first-order chi connectivity index (χ1) is 10.0. The summed E-state index contributed by atoms with van der Waals surface area (Å²) in [5.74, 6) is 1.74. The van der Waals surface area contributed by atoms with Crippen LogP contribution in [0.5, 0.6) is 17.2 Å². The van der Waals surface area contributed by atoms with E-state index < -0.39 is 0 Å². The highest BCUT2D eigenvalue weighted by Crippen LogP contribution is 2.45. The third kappa shape index (κ3) is 3.21. The van der Waals surface area contributed by atoms with Crippen LogP contribution >= 0.6 is 43.2 Å². The topological polar surface area (TPSA) is 53.7 Å². The van der Waals surface area contributed by atoms with Gasteiger partial charge in [-0.1, -0.05) is 0 Å². The van der Waals surface area contributed by atoms with Crippen molar-refractivity contribution in [2.45, 2.75) is 6.04 Å². The van der Waals surface area contributed by atoms with Crippen LogP contribution in [0.25, 0.3) is 0 Å². The molecule has 0 bridgehead atoms. The van der Waals surface area contributed by atoms with Crippen molar-refractivity contribution in [3.05, 3.63) is 36.9 Å². The van der Waals surface area contributed by atoms with Gasteiger partial charge in [-0.05, 0) is 50.1 Å². The van der Waals surface area contributed by atoms with Crippen LogP contribution in [0.4, 0.5) is 0 Å². The lowest BCUT2D eigenvalue weighted by molar-refractivity contribution is 0.321. The lowest BCUT2D eigenvalue weighted by Gasteiger charge is -2.19. The van der Waals surface area contributed by atoms with Gasteiger partial charge < -0.3 is 19.9 Å². The molecule has 0 aliphatic carbocycles. The van der Waals surface area contributed by atoms with E-state index in [4.69, 9.17) is 19.9 Å². The van der Waals surface area contributed by atoms with Crippen molar-refractivity contribution in [2.24, 2.45) is 5.73 Å². The maximum atomic E-state index is 6.38.